The lowest BCUT2D eigenvalue weighted by molar-refractivity contribution is 0.261. The van der Waals surface area contributed by atoms with Crippen LogP contribution in [-0.2, 0) is 0 Å². The molecule has 0 unspecified atom stereocenters. The zero-order chi connectivity index (χ0) is 33.2. The SMILES string of the molecule is Cc1cc(Cl)nc(NC(=O)Nc2ccc(Cl)c(Cl)c2)n1.Cc1cc(Nc2cccnc2)nc(NC(=O)Nc2ccc(Cl)c(Cl)c2)n1. The molecule has 0 atom stereocenters. The van der Waals surface area contributed by atoms with Crippen LogP contribution in [0.5, 0.6) is 0 Å². The first-order chi connectivity index (χ1) is 21.9. The molecule has 0 spiro atoms. The molecule has 0 aliphatic heterocycles. The van der Waals surface area contributed by atoms with Crippen LogP contribution in [0.2, 0.25) is 25.2 Å². The summed E-state index contributed by atoms with van der Waals surface area (Å²) in [6.07, 6.45) is 3.35. The van der Waals surface area contributed by atoms with Gasteiger partial charge in [0.2, 0.25) is 11.9 Å². The first-order valence-electron chi connectivity index (χ1n) is 13.0. The number of hydrogen-bond donors (Lipinski definition) is 5. The summed E-state index contributed by atoms with van der Waals surface area (Å²) in [5.74, 6) is 0.817. The molecule has 0 bridgehead atoms. The van der Waals surface area contributed by atoms with Crippen molar-refractivity contribution < 1.29 is 9.59 Å². The Morgan fingerprint density at radius 1 is 0.587 bits per heavy atom. The number of aryl methyl sites for hydroxylation is 2. The minimum absolute atomic E-state index is 0.118. The molecule has 2 aromatic carbocycles. The molecule has 5 rings (SSSR count). The van der Waals surface area contributed by atoms with Gasteiger partial charge in [0, 0.05) is 35.0 Å². The van der Waals surface area contributed by atoms with Crippen LogP contribution >= 0.6 is 58.0 Å². The first-order valence-corrected chi connectivity index (χ1v) is 14.9. The van der Waals surface area contributed by atoms with E-state index in [1.165, 1.54) is 6.07 Å². The normalized spacial score (nSPS) is 10.2. The molecule has 5 aromatic rings. The second kappa shape index (κ2) is 16.2. The highest BCUT2D eigenvalue weighted by Crippen LogP contribution is 2.26. The zero-order valence-corrected chi connectivity index (χ0v) is 27.7. The van der Waals surface area contributed by atoms with Crippen LogP contribution in [0.4, 0.5) is 44.4 Å². The fourth-order valence-corrected chi connectivity index (χ4v) is 4.37. The number of aromatic nitrogens is 5. The second-order valence-corrected chi connectivity index (χ2v) is 11.2. The number of hydrogen-bond acceptors (Lipinski definition) is 8. The number of halogens is 5. The summed E-state index contributed by atoms with van der Waals surface area (Å²) in [4.78, 5) is 44.3. The lowest BCUT2D eigenvalue weighted by atomic mass is 10.3. The van der Waals surface area contributed by atoms with E-state index in [1.807, 2.05) is 6.07 Å². The number of rotatable bonds is 6. The third kappa shape index (κ3) is 10.9. The Hall–Kier alpha value is -4.46. The summed E-state index contributed by atoms with van der Waals surface area (Å²) < 4.78 is 0. The van der Waals surface area contributed by atoms with E-state index in [1.54, 1.807) is 74.8 Å². The number of anilines is 6. The molecule has 3 heterocycles. The van der Waals surface area contributed by atoms with Crippen molar-refractivity contribution in [1.82, 2.24) is 24.9 Å². The lowest BCUT2D eigenvalue weighted by Crippen LogP contribution is -2.21. The number of carbonyl (C=O) groups is 2. The molecule has 17 heteroatoms. The van der Waals surface area contributed by atoms with Gasteiger partial charge in [-0.25, -0.2) is 24.5 Å². The number of benzene rings is 2. The molecule has 3 aromatic heterocycles. The molecule has 0 radical (unpaired) electrons. The Balaban J connectivity index is 0.000000216. The van der Waals surface area contributed by atoms with Crippen molar-refractivity contribution in [3.05, 3.63) is 110 Å². The Morgan fingerprint density at radius 3 is 1.63 bits per heavy atom. The summed E-state index contributed by atoms with van der Waals surface area (Å²) in [6, 6.07) is 15.5. The minimum Gasteiger partial charge on any atom is -0.339 e. The van der Waals surface area contributed by atoms with Gasteiger partial charge in [-0.2, -0.15) is 4.98 Å². The fourth-order valence-electron chi connectivity index (χ4n) is 3.53. The van der Waals surface area contributed by atoms with Crippen molar-refractivity contribution >= 4 is 105 Å². The summed E-state index contributed by atoms with van der Waals surface area (Å²) >= 11 is 29.2. The predicted octanol–water partition coefficient (Wildman–Crippen LogP) is 9.26. The van der Waals surface area contributed by atoms with Gasteiger partial charge in [0.25, 0.3) is 0 Å². The van der Waals surface area contributed by atoms with E-state index in [-0.39, 0.29) is 17.0 Å². The van der Waals surface area contributed by atoms with E-state index in [4.69, 9.17) is 58.0 Å². The highest BCUT2D eigenvalue weighted by atomic mass is 35.5. The molecule has 0 saturated heterocycles. The monoisotopic (exact) mass is 718 g/mol. The number of nitrogens with zero attached hydrogens (tertiary/aromatic N) is 5. The summed E-state index contributed by atoms with van der Waals surface area (Å²) in [7, 11) is 0. The third-order valence-electron chi connectivity index (χ3n) is 5.42. The lowest BCUT2D eigenvalue weighted by Gasteiger charge is -2.10. The molecule has 0 aliphatic rings. The zero-order valence-electron chi connectivity index (χ0n) is 23.9. The quantitative estimate of drug-likeness (QED) is 0.109. The van der Waals surface area contributed by atoms with Crippen molar-refractivity contribution in [3.63, 3.8) is 0 Å². The number of amides is 4. The molecule has 12 nitrogen and oxygen atoms in total. The molecule has 0 fully saturated rings. The van der Waals surface area contributed by atoms with Gasteiger partial charge in [0.05, 0.1) is 32.0 Å². The molecular formula is C29H23Cl5N10O2. The Morgan fingerprint density at radius 2 is 1.13 bits per heavy atom. The number of nitrogens with one attached hydrogen (secondary N) is 5. The maximum Gasteiger partial charge on any atom is 0.326 e. The van der Waals surface area contributed by atoms with Crippen molar-refractivity contribution in [1.29, 1.82) is 0 Å². The Labute approximate surface area is 288 Å². The van der Waals surface area contributed by atoms with Crippen LogP contribution in [0.1, 0.15) is 11.4 Å². The van der Waals surface area contributed by atoms with Crippen molar-refractivity contribution in [2.24, 2.45) is 0 Å². The molecule has 0 saturated carbocycles. The average Bonchev–Trinajstić information content (AvgIpc) is 2.97. The van der Waals surface area contributed by atoms with Gasteiger partial charge in [-0.15, -0.1) is 0 Å². The molecule has 0 aliphatic carbocycles. The van der Waals surface area contributed by atoms with Crippen LogP contribution in [-0.4, -0.2) is 37.0 Å². The van der Waals surface area contributed by atoms with E-state index < -0.39 is 12.1 Å². The smallest absolute Gasteiger partial charge is 0.326 e. The van der Waals surface area contributed by atoms with E-state index in [9.17, 15) is 9.59 Å². The molecule has 236 valence electrons. The van der Waals surface area contributed by atoms with Crippen molar-refractivity contribution in [3.8, 4) is 0 Å². The van der Waals surface area contributed by atoms with Crippen LogP contribution in [0.15, 0.2) is 73.1 Å². The maximum atomic E-state index is 12.2. The standard InChI is InChI=1S/C17H14Cl2N6O.C12H9Cl3N4O/c1-10-7-15(22-12-3-2-6-20-9-12)24-16(21-10)25-17(26)23-11-4-5-13(18)14(19)8-11;1-6-4-10(15)18-11(16-6)19-12(20)17-7-2-3-8(13)9(14)5-7/h2-9H,1H3,(H3,21,22,23,24,25,26);2-5H,1H3,(H2,16,17,18,19,20). The average molecular weight is 721 g/mol. The fraction of sp³-hybridized carbons (Fsp3) is 0.0690. The minimum atomic E-state index is -0.509. The van der Waals surface area contributed by atoms with Gasteiger partial charge in [-0.1, -0.05) is 58.0 Å². The van der Waals surface area contributed by atoms with Gasteiger partial charge in [0.15, 0.2) is 0 Å². The van der Waals surface area contributed by atoms with Crippen molar-refractivity contribution in [2.75, 3.05) is 26.6 Å². The summed E-state index contributed by atoms with van der Waals surface area (Å²) in [6.45, 7) is 3.55. The van der Waals surface area contributed by atoms with Crippen LogP contribution in [0.3, 0.4) is 0 Å². The second-order valence-electron chi connectivity index (χ2n) is 9.16. The van der Waals surface area contributed by atoms with Gasteiger partial charge in [0.1, 0.15) is 11.0 Å². The Kier molecular flexibility index (Phi) is 12.1. The first kappa shape index (κ1) is 34.4. The van der Waals surface area contributed by atoms with Gasteiger partial charge in [-0.05, 0) is 68.4 Å². The molecule has 4 amide bonds. The van der Waals surface area contributed by atoms with Crippen LogP contribution in [0.25, 0.3) is 0 Å². The summed E-state index contributed by atoms with van der Waals surface area (Å²) in [5, 5.41) is 15.2. The molecule has 5 N–H and O–H groups in total. The van der Waals surface area contributed by atoms with E-state index in [2.05, 4.69) is 51.5 Å². The van der Waals surface area contributed by atoms with E-state index in [0.717, 1.165) is 5.69 Å². The predicted molar refractivity (Wildman–Crippen MR) is 184 cm³/mol. The van der Waals surface area contributed by atoms with Crippen molar-refractivity contribution in [2.45, 2.75) is 13.8 Å². The molecular weight excluding hydrogens is 698 g/mol. The third-order valence-corrected chi connectivity index (χ3v) is 7.09. The maximum absolute atomic E-state index is 12.2. The van der Waals surface area contributed by atoms with E-state index >= 15 is 0 Å². The molecule has 46 heavy (non-hydrogen) atoms. The number of carbonyl (C=O) groups excluding carboxylic acids is 2. The van der Waals surface area contributed by atoms with Gasteiger partial charge < -0.3 is 16.0 Å². The number of urea groups is 2. The number of pyridine rings is 1. The highest BCUT2D eigenvalue weighted by molar-refractivity contribution is 6.42. The summed E-state index contributed by atoms with van der Waals surface area (Å²) in [5.41, 5.74) is 3.11. The van der Waals surface area contributed by atoms with Crippen LogP contribution < -0.4 is 26.6 Å². The highest BCUT2D eigenvalue weighted by Gasteiger charge is 2.10. The van der Waals surface area contributed by atoms with Gasteiger partial charge in [-0.3, -0.25) is 15.6 Å². The van der Waals surface area contributed by atoms with Gasteiger partial charge >= 0.3 is 12.1 Å². The van der Waals surface area contributed by atoms with Crippen LogP contribution in [0, 0.1) is 13.8 Å². The van der Waals surface area contributed by atoms with E-state index in [0.29, 0.717) is 48.7 Å². The topological polar surface area (TPSA) is 159 Å². The largest absolute Gasteiger partial charge is 0.339 e. The Bertz CT molecular complexity index is 1840.